The van der Waals surface area contributed by atoms with E-state index < -0.39 is 0 Å². The monoisotopic (exact) mass is 267 g/mol. The molecule has 19 heavy (non-hydrogen) atoms. The van der Waals surface area contributed by atoms with Gasteiger partial charge >= 0.3 is 0 Å². The lowest BCUT2D eigenvalue weighted by Crippen LogP contribution is -2.50. The van der Waals surface area contributed by atoms with Gasteiger partial charge in [-0.3, -0.25) is 4.79 Å². The van der Waals surface area contributed by atoms with E-state index in [0.717, 1.165) is 26.2 Å². The summed E-state index contributed by atoms with van der Waals surface area (Å²) in [4.78, 5) is 14.6. The van der Waals surface area contributed by atoms with Crippen molar-refractivity contribution in [1.29, 1.82) is 0 Å². The average molecular weight is 267 g/mol. The molecule has 110 valence electrons. The number of carbonyl (C=O) groups is 1. The van der Waals surface area contributed by atoms with E-state index in [2.05, 4.69) is 29.4 Å². The second kappa shape index (κ2) is 7.25. The molecule has 0 radical (unpaired) electrons. The predicted molar refractivity (Wildman–Crippen MR) is 78.0 cm³/mol. The molecule has 4 heteroatoms. The molecule has 0 aromatic carbocycles. The summed E-state index contributed by atoms with van der Waals surface area (Å²) in [5.41, 5.74) is 0. The zero-order chi connectivity index (χ0) is 13.7. The van der Waals surface area contributed by atoms with Gasteiger partial charge in [-0.15, -0.1) is 0 Å². The van der Waals surface area contributed by atoms with Crippen molar-refractivity contribution in [2.24, 2.45) is 17.8 Å². The van der Waals surface area contributed by atoms with Gasteiger partial charge in [-0.05, 0) is 50.9 Å². The Hall–Kier alpha value is -0.610. The third-order valence-electron chi connectivity index (χ3n) is 4.58. The molecule has 2 N–H and O–H groups in total. The number of hydrogen-bond donors (Lipinski definition) is 2. The SMILES string of the molecule is CC(CNC(=O)C(C)C1CNC1)CN1CCCCC1. The van der Waals surface area contributed by atoms with Crippen LogP contribution in [0, 0.1) is 17.8 Å². The molecule has 2 rings (SSSR count). The topological polar surface area (TPSA) is 44.4 Å². The van der Waals surface area contributed by atoms with Crippen molar-refractivity contribution in [3.8, 4) is 0 Å². The molecule has 2 saturated heterocycles. The lowest BCUT2D eigenvalue weighted by Gasteiger charge is -2.32. The highest BCUT2D eigenvalue weighted by atomic mass is 16.1. The van der Waals surface area contributed by atoms with E-state index in [-0.39, 0.29) is 11.8 Å². The van der Waals surface area contributed by atoms with Gasteiger partial charge in [0.15, 0.2) is 0 Å². The van der Waals surface area contributed by atoms with Gasteiger partial charge in [0.1, 0.15) is 0 Å². The first kappa shape index (κ1) is 14.8. The van der Waals surface area contributed by atoms with Crippen LogP contribution in [0.1, 0.15) is 33.1 Å². The Morgan fingerprint density at radius 1 is 1.26 bits per heavy atom. The molecule has 2 aliphatic heterocycles. The van der Waals surface area contributed by atoms with Crippen molar-refractivity contribution in [2.75, 3.05) is 39.3 Å². The Kier molecular flexibility index (Phi) is 5.64. The summed E-state index contributed by atoms with van der Waals surface area (Å²) in [6, 6.07) is 0. The van der Waals surface area contributed by atoms with Gasteiger partial charge in [0.05, 0.1) is 0 Å². The molecule has 0 aliphatic carbocycles. The standard InChI is InChI=1S/C15H29N3O/c1-12(11-18-6-4-3-5-7-18)8-17-15(19)13(2)14-9-16-10-14/h12-14,16H,3-11H2,1-2H3,(H,17,19). The van der Waals surface area contributed by atoms with Gasteiger partial charge in [-0.25, -0.2) is 0 Å². The van der Waals surface area contributed by atoms with Crippen LogP contribution in [0.4, 0.5) is 0 Å². The van der Waals surface area contributed by atoms with Gasteiger partial charge < -0.3 is 15.5 Å². The Labute approximate surface area is 117 Å². The molecule has 2 heterocycles. The van der Waals surface area contributed by atoms with E-state index in [1.165, 1.54) is 32.4 Å². The third-order valence-corrected chi connectivity index (χ3v) is 4.58. The Morgan fingerprint density at radius 3 is 2.53 bits per heavy atom. The number of amides is 1. The van der Waals surface area contributed by atoms with E-state index in [1.807, 2.05) is 0 Å². The predicted octanol–water partition coefficient (Wildman–Crippen LogP) is 1.08. The van der Waals surface area contributed by atoms with E-state index in [1.54, 1.807) is 0 Å². The second-order valence-corrected chi connectivity index (χ2v) is 6.42. The highest BCUT2D eigenvalue weighted by molar-refractivity contribution is 5.78. The van der Waals surface area contributed by atoms with E-state index in [9.17, 15) is 4.79 Å². The fraction of sp³-hybridized carbons (Fsp3) is 0.933. The minimum absolute atomic E-state index is 0.156. The second-order valence-electron chi connectivity index (χ2n) is 6.42. The normalized spacial score (nSPS) is 24.5. The molecule has 4 nitrogen and oxygen atoms in total. The maximum Gasteiger partial charge on any atom is 0.223 e. The van der Waals surface area contributed by atoms with Crippen molar-refractivity contribution < 1.29 is 4.79 Å². The van der Waals surface area contributed by atoms with E-state index in [4.69, 9.17) is 0 Å². The van der Waals surface area contributed by atoms with Crippen LogP contribution in [0.3, 0.4) is 0 Å². The summed E-state index contributed by atoms with van der Waals surface area (Å²) in [5.74, 6) is 1.48. The number of rotatable bonds is 6. The third kappa shape index (κ3) is 4.46. The highest BCUT2D eigenvalue weighted by Crippen LogP contribution is 2.16. The fourth-order valence-electron chi connectivity index (χ4n) is 2.96. The van der Waals surface area contributed by atoms with Crippen LogP contribution in [0.5, 0.6) is 0 Å². The minimum atomic E-state index is 0.156. The number of nitrogens with zero attached hydrogens (tertiary/aromatic N) is 1. The Balaban J connectivity index is 1.61. The summed E-state index contributed by atoms with van der Waals surface area (Å²) >= 11 is 0. The molecule has 0 aromatic heterocycles. The highest BCUT2D eigenvalue weighted by Gasteiger charge is 2.28. The van der Waals surface area contributed by atoms with Crippen LogP contribution < -0.4 is 10.6 Å². The Bertz CT molecular complexity index is 285. The molecule has 2 fully saturated rings. The van der Waals surface area contributed by atoms with E-state index >= 15 is 0 Å². The summed E-state index contributed by atoms with van der Waals surface area (Å²) in [6.07, 6.45) is 4.06. The summed E-state index contributed by atoms with van der Waals surface area (Å²) in [7, 11) is 0. The van der Waals surface area contributed by atoms with Crippen molar-refractivity contribution in [3.63, 3.8) is 0 Å². The lowest BCUT2D eigenvalue weighted by atomic mass is 9.88. The van der Waals surface area contributed by atoms with Crippen LogP contribution in [0.15, 0.2) is 0 Å². The molecule has 0 spiro atoms. The Morgan fingerprint density at radius 2 is 1.95 bits per heavy atom. The first-order valence-electron chi connectivity index (χ1n) is 7.87. The molecule has 2 aliphatic rings. The number of likely N-dealkylation sites (tertiary alicyclic amines) is 1. The molecule has 2 unspecified atom stereocenters. The zero-order valence-corrected chi connectivity index (χ0v) is 12.5. The largest absolute Gasteiger partial charge is 0.356 e. The van der Waals surface area contributed by atoms with Crippen LogP contribution in [0.2, 0.25) is 0 Å². The van der Waals surface area contributed by atoms with Crippen molar-refractivity contribution in [1.82, 2.24) is 15.5 Å². The quantitative estimate of drug-likeness (QED) is 0.757. The van der Waals surface area contributed by atoms with E-state index in [0.29, 0.717) is 11.8 Å². The van der Waals surface area contributed by atoms with Crippen LogP contribution in [-0.4, -0.2) is 50.1 Å². The first-order valence-corrected chi connectivity index (χ1v) is 7.87. The van der Waals surface area contributed by atoms with Crippen LogP contribution >= 0.6 is 0 Å². The van der Waals surface area contributed by atoms with Gasteiger partial charge in [0.2, 0.25) is 5.91 Å². The van der Waals surface area contributed by atoms with Crippen molar-refractivity contribution in [2.45, 2.75) is 33.1 Å². The molecule has 1 amide bonds. The van der Waals surface area contributed by atoms with Crippen molar-refractivity contribution in [3.05, 3.63) is 0 Å². The molecule has 2 atom stereocenters. The van der Waals surface area contributed by atoms with Gasteiger partial charge in [0.25, 0.3) is 0 Å². The number of piperidine rings is 1. The molecule has 0 aromatic rings. The molecular formula is C15H29N3O. The number of carbonyl (C=O) groups excluding carboxylic acids is 1. The average Bonchev–Trinajstić information content (AvgIpc) is 2.35. The number of nitrogens with one attached hydrogen (secondary N) is 2. The van der Waals surface area contributed by atoms with Crippen LogP contribution in [0.25, 0.3) is 0 Å². The molecule has 0 saturated carbocycles. The number of hydrogen-bond acceptors (Lipinski definition) is 3. The maximum absolute atomic E-state index is 12.0. The van der Waals surface area contributed by atoms with Gasteiger partial charge in [0, 0.05) is 19.0 Å². The smallest absolute Gasteiger partial charge is 0.223 e. The summed E-state index contributed by atoms with van der Waals surface area (Å²) < 4.78 is 0. The van der Waals surface area contributed by atoms with Crippen molar-refractivity contribution >= 4 is 5.91 Å². The zero-order valence-electron chi connectivity index (χ0n) is 12.5. The molecular weight excluding hydrogens is 238 g/mol. The minimum Gasteiger partial charge on any atom is -0.356 e. The summed E-state index contributed by atoms with van der Waals surface area (Å²) in [6.45, 7) is 10.7. The summed E-state index contributed by atoms with van der Waals surface area (Å²) in [5, 5.41) is 6.36. The lowest BCUT2D eigenvalue weighted by molar-refractivity contribution is -0.126. The first-order chi connectivity index (χ1) is 9.16. The fourth-order valence-corrected chi connectivity index (χ4v) is 2.96. The maximum atomic E-state index is 12.0. The van der Waals surface area contributed by atoms with Gasteiger partial charge in [-0.2, -0.15) is 0 Å². The molecule has 0 bridgehead atoms. The van der Waals surface area contributed by atoms with Crippen LogP contribution in [-0.2, 0) is 4.79 Å². The van der Waals surface area contributed by atoms with Gasteiger partial charge in [-0.1, -0.05) is 20.3 Å².